The number of alkyl halides is 3. The standard InChI is InChI=1S/C14H9F4NO/c15-12-7-9(13(19)20)4-5-11(12)8-2-1-3-10(6-8)14(16,17)18/h1-7H,(H2,19,20). The van der Waals surface area contributed by atoms with Crippen LogP contribution in [0.3, 0.4) is 0 Å². The topological polar surface area (TPSA) is 43.1 Å². The highest BCUT2D eigenvalue weighted by Crippen LogP contribution is 2.33. The molecular formula is C14H9F4NO. The van der Waals surface area contributed by atoms with Gasteiger partial charge in [0.25, 0.3) is 0 Å². The highest BCUT2D eigenvalue weighted by molar-refractivity contribution is 5.93. The van der Waals surface area contributed by atoms with Crippen LogP contribution >= 0.6 is 0 Å². The second-order valence-electron chi connectivity index (χ2n) is 4.14. The zero-order valence-corrected chi connectivity index (χ0v) is 10.0. The Morgan fingerprint density at radius 3 is 2.30 bits per heavy atom. The van der Waals surface area contributed by atoms with E-state index in [1.54, 1.807) is 0 Å². The minimum atomic E-state index is -4.50. The first-order valence-electron chi connectivity index (χ1n) is 5.56. The fourth-order valence-electron chi connectivity index (χ4n) is 1.77. The average molecular weight is 283 g/mol. The van der Waals surface area contributed by atoms with Crippen molar-refractivity contribution >= 4 is 5.91 Å². The Labute approximate surface area is 111 Å². The molecule has 0 saturated heterocycles. The summed E-state index contributed by atoms with van der Waals surface area (Å²) in [5.74, 6) is -1.61. The molecule has 0 spiro atoms. The van der Waals surface area contributed by atoms with Gasteiger partial charge in [-0.05, 0) is 29.8 Å². The summed E-state index contributed by atoms with van der Waals surface area (Å²) in [4.78, 5) is 10.9. The Bertz CT molecular complexity index is 664. The van der Waals surface area contributed by atoms with Crippen LogP contribution in [-0.2, 0) is 6.18 Å². The zero-order valence-electron chi connectivity index (χ0n) is 10.0. The molecule has 0 unspecified atom stereocenters. The molecule has 2 nitrogen and oxygen atoms in total. The van der Waals surface area contributed by atoms with E-state index in [9.17, 15) is 22.4 Å². The molecule has 1 amide bonds. The number of rotatable bonds is 2. The van der Waals surface area contributed by atoms with Gasteiger partial charge in [-0.2, -0.15) is 13.2 Å². The summed E-state index contributed by atoms with van der Waals surface area (Å²) in [5.41, 5.74) is 4.14. The normalized spacial score (nSPS) is 11.4. The van der Waals surface area contributed by atoms with E-state index in [1.807, 2.05) is 0 Å². The Balaban J connectivity index is 2.49. The van der Waals surface area contributed by atoms with Gasteiger partial charge in [0, 0.05) is 11.1 Å². The van der Waals surface area contributed by atoms with Gasteiger partial charge in [-0.25, -0.2) is 4.39 Å². The molecule has 0 aliphatic carbocycles. The molecule has 20 heavy (non-hydrogen) atoms. The molecule has 0 fully saturated rings. The van der Waals surface area contributed by atoms with E-state index in [0.29, 0.717) is 0 Å². The third-order valence-electron chi connectivity index (χ3n) is 2.75. The highest BCUT2D eigenvalue weighted by atomic mass is 19.4. The Kier molecular flexibility index (Phi) is 3.48. The van der Waals surface area contributed by atoms with Crippen molar-refractivity contribution < 1.29 is 22.4 Å². The Morgan fingerprint density at radius 1 is 1.05 bits per heavy atom. The summed E-state index contributed by atoms with van der Waals surface area (Å²) in [6.07, 6.45) is -4.50. The van der Waals surface area contributed by atoms with E-state index in [1.165, 1.54) is 24.3 Å². The van der Waals surface area contributed by atoms with Gasteiger partial charge in [-0.15, -0.1) is 0 Å². The molecule has 0 bridgehead atoms. The van der Waals surface area contributed by atoms with Crippen LogP contribution in [0.5, 0.6) is 0 Å². The van der Waals surface area contributed by atoms with Crippen molar-refractivity contribution in [1.29, 1.82) is 0 Å². The lowest BCUT2D eigenvalue weighted by atomic mass is 10.0. The number of hydrogen-bond donors (Lipinski definition) is 1. The molecule has 0 radical (unpaired) electrons. The molecule has 6 heteroatoms. The van der Waals surface area contributed by atoms with Crippen LogP contribution in [0.2, 0.25) is 0 Å². The number of halogens is 4. The van der Waals surface area contributed by atoms with Gasteiger partial charge in [0.05, 0.1) is 5.56 Å². The molecule has 2 aromatic carbocycles. The molecule has 2 aromatic rings. The number of benzene rings is 2. The summed E-state index contributed by atoms with van der Waals surface area (Å²) < 4.78 is 51.6. The average Bonchev–Trinajstić information content (AvgIpc) is 2.37. The molecule has 2 N–H and O–H groups in total. The summed E-state index contributed by atoms with van der Waals surface area (Å²) >= 11 is 0. The third-order valence-corrected chi connectivity index (χ3v) is 2.75. The lowest BCUT2D eigenvalue weighted by molar-refractivity contribution is -0.137. The van der Waals surface area contributed by atoms with Gasteiger partial charge in [-0.1, -0.05) is 18.2 Å². The Morgan fingerprint density at radius 2 is 1.75 bits per heavy atom. The van der Waals surface area contributed by atoms with E-state index in [4.69, 9.17) is 5.73 Å². The van der Waals surface area contributed by atoms with Gasteiger partial charge in [0.1, 0.15) is 5.82 Å². The number of primary amides is 1. The van der Waals surface area contributed by atoms with Crippen LogP contribution in [0.25, 0.3) is 11.1 Å². The fraction of sp³-hybridized carbons (Fsp3) is 0.0714. The van der Waals surface area contributed by atoms with Crippen molar-refractivity contribution in [2.24, 2.45) is 5.73 Å². The lowest BCUT2D eigenvalue weighted by Crippen LogP contribution is -2.11. The Hall–Kier alpha value is -2.37. The van der Waals surface area contributed by atoms with Gasteiger partial charge in [0.2, 0.25) is 5.91 Å². The number of hydrogen-bond acceptors (Lipinski definition) is 1. The van der Waals surface area contributed by atoms with Gasteiger partial charge in [-0.3, -0.25) is 4.79 Å². The molecule has 104 valence electrons. The zero-order chi connectivity index (χ0) is 14.9. The van der Waals surface area contributed by atoms with E-state index in [2.05, 4.69) is 0 Å². The minimum absolute atomic E-state index is 0.0268. The van der Waals surface area contributed by atoms with E-state index in [0.717, 1.165) is 18.2 Å². The fourth-order valence-corrected chi connectivity index (χ4v) is 1.77. The second-order valence-corrected chi connectivity index (χ2v) is 4.14. The minimum Gasteiger partial charge on any atom is -0.366 e. The first-order valence-corrected chi connectivity index (χ1v) is 5.56. The molecule has 0 atom stereocenters. The summed E-state index contributed by atoms with van der Waals surface area (Å²) in [5, 5.41) is 0. The quantitative estimate of drug-likeness (QED) is 0.841. The first-order chi connectivity index (χ1) is 9.29. The van der Waals surface area contributed by atoms with Crippen molar-refractivity contribution in [3.05, 3.63) is 59.4 Å². The smallest absolute Gasteiger partial charge is 0.366 e. The SMILES string of the molecule is NC(=O)c1ccc(-c2cccc(C(F)(F)F)c2)c(F)c1. The highest BCUT2D eigenvalue weighted by Gasteiger charge is 2.30. The van der Waals surface area contributed by atoms with Crippen molar-refractivity contribution in [1.82, 2.24) is 0 Å². The molecular weight excluding hydrogens is 274 g/mol. The van der Waals surface area contributed by atoms with Gasteiger partial charge in [0.15, 0.2) is 0 Å². The van der Waals surface area contributed by atoms with Crippen LogP contribution in [0, 0.1) is 5.82 Å². The van der Waals surface area contributed by atoms with Crippen LogP contribution in [0.1, 0.15) is 15.9 Å². The number of nitrogens with two attached hydrogens (primary N) is 1. The second kappa shape index (κ2) is 4.96. The van der Waals surface area contributed by atoms with E-state index >= 15 is 0 Å². The first kappa shape index (κ1) is 14.0. The van der Waals surface area contributed by atoms with Crippen molar-refractivity contribution in [2.45, 2.75) is 6.18 Å². The summed E-state index contributed by atoms with van der Waals surface area (Å²) in [6, 6.07) is 7.70. The van der Waals surface area contributed by atoms with Crippen molar-refractivity contribution in [3.8, 4) is 11.1 Å². The van der Waals surface area contributed by atoms with Crippen LogP contribution in [0.15, 0.2) is 42.5 Å². The largest absolute Gasteiger partial charge is 0.416 e. The van der Waals surface area contributed by atoms with Crippen molar-refractivity contribution in [2.75, 3.05) is 0 Å². The molecule has 2 rings (SSSR count). The number of carbonyl (C=O) groups excluding carboxylic acids is 1. The number of amides is 1. The van der Waals surface area contributed by atoms with Crippen LogP contribution in [-0.4, -0.2) is 5.91 Å². The lowest BCUT2D eigenvalue weighted by Gasteiger charge is -2.10. The molecule has 0 saturated carbocycles. The van der Waals surface area contributed by atoms with E-state index < -0.39 is 23.5 Å². The van der Waals surface area contributed by atoms with Crippen LogP contribution < -0.4 is 5.73 Å². The van der Waals surface area contributed by atoms with Gasteiger partial charge < -0.3 is 5.73 Å². The van der Waals surface area contributed by atoms with Gasteiger partial charge >= 0.3 is 6.18 Å². The maximum Gasteiger partial charge on any atom is 0.416 e. The molecule has 0 aromatic heterocycles. The van der Waals surface area contributed by atoms with Crippen LogP contribution in [0.4, 0.5) is 17.6 Å². The maximum absolute atomic E-state index is 13.8. The van der Waals surface area contributed by atoms with Crippen molar-refractivity contribution in [3.63, 3.8) is 0 Å². The molecule has 0 aliphatic rings. The monoisotopic (exact) mass is 283 g/mol. The predicted octanol–water partition coefficient (Wildman–Crippen LogP) is 3.61. The van der Waals surface area contributed by atoms with E-state index in [-0.39, 0.29) is 16.7 Å². The maximum atomic E-state index is 13.8. The summed E-state index contributed by atoms with van der Waals surface area (Å²) in [7, 11) is 0. The third kappa shape index (κ3) is 2.79. The number of carbonyl (C=O) groups is 1. The molecule has 0 aliphatic heterocycles. The molecule has 0 heterocycles. The summed E-state index contributed by atoms with van der Waals surface area (Å²) in [6.45, 7) is 0. The predicted molar refractivity (Wildman–Crippen MR) is 65.4 cm³/mol.